The van der Waals surface area contributed by atoms with Gasteiger partial charge in [-0.3, -0.25) is 4.79 Å². The summed E-state index contributed by atoms with van der Waals surface area (Å²) in [5.41, 5.74) is 2.95. The van der Waals surface area contributed by atoms with Crippen LogP contribution in [0.1, 0.15) is 49.5 Å². The van der Waals surface area contributed by atoms with Crippen LogP contribution in [0.2, 0.25) is 0 Å². The van der Waals surface area contributed by atoms with Gasteiger partial charge >= 0.3 is 0 Å². The molecule has 1 aromatic heterocycles. The molecule has 1 saturated carbocycles. The average molecular weight is 327 g/mol. The van der Waals surface area contributed by atoms with E-state index in [1.807, 2.05) is 11.0 Å². The summed E-state index contributed by atoms with van der Waals surface area (Å²) in [6, 6.07) is 6.31. The van der Waals surface area contributed by atoms with Crippen LogP contribution in [-0.2, 0) is 9.53 Å². The summed E-state index contributed by atoms with van der Waals surface area (Å²) in [6.07, 6.45) is 5.03. The number of carbonyl (C=O) groups excluding carboxylic acids is 1. The van der Waals surface area contributed by atoms with Gasteiger partial charge in [0.05, 0.1) is 29.1 Å². The Bertz CT molecular complexity index is 763. The van der Waals surface area contributed by atoms with Crippen LogP contribution in [-0.4, -0.2) is 41.0 Å². The summed E-state index contributed by atoms with van der Waals surface area (Å²) >= 11 is 0. The van der Waals surface area contributed by atoms with Crippen molar-refractivity contribution in [1.82, 2.24) is 14.9 Å². The molecule has 0 bridgehead atoms. The maximum absolute atomic E-state index is 13.2. The third-order valence-electron chi connectivity index (χ3n) is 5.67. The third kappa shape index (κ3) is 2.42. The first-order chi connectivity index (χ1) is 11.6. The smallest absolute Gasteiger partial charge is 0.231 e. The molecule has 1 aromatic carbocycles. The Balaban J connectivity index is 1.63. The molecule has 2 aromatic rings. The molecule has 4 rings (SSSR count). The largest absolute Gasteiger partial charge is 0.384 e. The summed E-state index contributed by atoms with van der Waals surface area (Å²) in [4.78, 5) is 23.4. The lowest BCUT2D eigenvalue weighted by molar-refractivity contribution is -0.153. The lowest BCUT2D eigenvalue weighted by Gasteiger charge is -2.43. The summed E-state index contributed by atoms with van der Waals surface area (Å²) in [7, 11) is 1.69. The number of ether oxygens (including phenoxy) is 1. The topological polar surface area (TPSA) is 58.2 Å². The lowest BCUT2D eigenvalue weighted by atomic mass is 9.68. The Kier molecular flexibility index (Phi) is 3.83. The van der Waals surface area contributed by atoms with Crippen LogP contribution in [0.15, 0.2) is 18.2 Å². The predicted octanol–water partition coefficient (Wildman–Crippen LogP) is 3.35. The number of benzene rings is 1. The van der Waals surface area contributed by atoms with Gasteiger partial charge in [0.15, 0.2) is 0 Å². The molecule has 1 N–H and O–H groups in total. The molecular weight excluding hydrogens is 302 g/mol. The van der Waals surface area contributed by atoms with Crippen LogP contribution in [0, 0.1) is 12.3 Å². The highest BCUT2D eigenvalue weighted by atomic mass is 16.5. The van der Waals surface area contributed by atoms with E-state index in [2.05, 4.69) is 24.0 Å². The second-order valence-corrected chi connectivity index (χ2v) is 7.37. The van der Waals surface area contributed by atoms with Crippen molar-refractivity contribution in [3.05, 3.63) is 29.6 Å². The number of aromatic amines is 1. The fourth-order valence-electron chi connectivity index (χ4n) is 4.20. The highest BCUT2D eigenvalue weighted by molar-refractivity contribution is 5.84. The molecule has 5 heteroatoms. The summed E-state index contributed by atoms with van der Waals surface area (Å²) < 4.78 is 5.36. The van der Waals surface area contributed by atoms with E-state index in [9.17, 15) is 4.79 Å². The van der Waals surface area contributed by atoms with Crippen LogP contribution >= 0.6 is 0 Å². The normalized spacial score (nSPS) is 22.8. The van der Waals surface area contributed by atoms with E-state index in [0.29, 0.717) is 6.61 Å². The number of likely N-dealkylation sites (tertiary alicyclic amines) is 1. The summed E-state index contributed by atoms with van der Waals surface area (Å²) in [5, 5.41) is 0. The van der Waals surface area contributed by atoms with E-state index in [4.69, 9.17) is 9.72 Å². The van der Waals surface area contributed by atoms with Crippen molar-refractivity contribution in [2.24, 2.45) is 5.41 Å². The average Bonchev–Trinajstić information content (AvgIpc) is 3.15. The van der Waals surface area contributed by atoms with E-state index in [1.54, 1.807) is 7.11 Å². The molecule has 0 radical (unpaired) electrons. The number of imidazole rings is 1. The number of hydrogen-bond donors (Lipinski definition) is 1. The molecule has 1 aliphatic carbocycles. The number of nitrogens with zero attached hydrogens (tertiary/aromatic N) is 2. The van der Waals surface area contributed by atoms with Crippen molar-refractivity contribution in [3.63, 3.8) is 0 Å². The molecule has 5 nitrogen and oxygen atoms in total. The first-order valence-corrected chi connectivity index (χ1v) is 8.89. The highest BCUT2D eigenvalue weighted by Crippen LogP contribution is 2.45. The highest BCUT2D eigenvalue weighted by Gasteiger charge is 2.49. The van der Waals surface area contributed by atoms with E-state index in [1.165, 1.54) is 5.56 Å². The van der Waals surface area contributed by atoms with Gasteiger partial charge in [0.1, 0.15) is 5.82 Å². The Morgan fingerprint density at radius 1 is 1.42 bits per heavy atom. The fourth-order valence-corrected chi connectivity index (χ4v) is 4.20. The van der Waals surface area contributed by atoms with Gasteiger partial charge in [-0.05, 0) is 50.3 Å². The molecule has 0 unspecified atom stereocenters. The number of aromatic nitrogens is 2. The van der Waals surface area contributed by atoms with Gasteiger partial charge in [-0.2, -0.15) is 0 Å². The fraction of sp³-hybridized carbons (Fsp3) is 0.579. The quantitative estimate of drug-likeness (QED) is 0.937. The van der Waals surface area contributed by atoms with Crippen molar-refractivity contribution in [3.8, 4) is 0 Å². The van der Waals surface area contributed by atoms with Crippen LogP contribution in [0.5, 0.6) is 0 Å². The molecule has 1 saturated heterocycles. The standard InChI is InChI=1S/C19H25N3O2/c1-13-6-7-14-15(11-13)21-17(20-14)16-5-3-10-22(16)18(23)19(12-24-2)8-4-9-19/h6-7,11,16H,3-5,8-10,12H2,1-2H3,(H,20,21)/t16-/m0/s1. The zero-order chi connectivity index (χ0) is 16.7. The lowest BCUT2D eigenvalue weighted by Crippen LogP contribution is -2.50. The van der Waals surface area contributed by atoms with Gasteiger partial charge < -0.3 is 14.6 Å². The second-order valence-electron chi connectivity index (χ2n) is 7.37. The maximum atomic E-state index is 13.2. The number of H-pyrrole nitrogens is 1. The first-order valence-electron chi connectivity index (χ1n) is 8.89. The van der Waals surface area contributed by atoms with Crippen molar-refractivity contribution >= 4 is 16.9 Å². The number of nitrogens with one attached hydrogen (secondary N) is 1. The van der Waals surface area contributed by atoms with Crippen LogP contribution in [0.4, 0.5) is 0 Å². The zero-order valence-electron chi connectivity index (χ0n) is 14.5. The van der Waals surface area contributed by atoms with Gasteiger partial charge in [0.2, 0.25) is 5.91 Å². The maximum Gasteiger partial charge on any atom is 0.231 e. The van der Waals surface area contributed by atoms with Gasteiger partial charge in [0, 0.05) is 13.7 Å². The molecule has 24 heavy (non-hydrogen) atoms. The number of methoxy groups -OCH3 is 1. The van der Waals surface area contributed by atoms with E-state index in [0.717, 1.165) is 55.5 Å². The minimum Gasteiger partial charge on any atom is -0.384 e. The monoisotopic (exact) mass is 327 g/mol. The SMILES string of the molecule is COCC1(C(=O)N2CCC[C@H]2c2nc3ccc(C)cc3[nH]2)CCC1. The van der Waals surface area contributed by atoms with Gasteiger partial charge in [-0.1, -0.05) is 12.5 Å². The predicted molar refractivity (Wildman–Crippen MR) is 92.7 cm³/mol. The molecular formula is C19H25N3O2. The van der Waals surface area contributed by atoms with E-state index in [-0.39, 0.29) is 17.4 Å². The number of aryl methyl sites for hydroxylation is 1. The summed E-state index contributed by atoms with van der Waals surface area (Å²) in [5.74, 6) is 1.18. The number of carbonyl (C=O) groups is 1. The van der Waals surface area contributed by atoms with Crippen LogP contribution in [0.3, 0.4) is 0 Å². The second kappa shape index (κ2) is 5.88. The van der Waals surface area contributed by atoms with Gasteiger partial charge in [-0.25, -0.2) is 4.98 Å². The van der Waals surface area contributed by atoms with Gasteiger partial charge in [-0.15, -0.1) is 0 Å². The number of fused-ring (bicyclic) bond motifs is 1. The van der Waals surface area contributed by atoms with Crippen molar-refractivity contribution in [1.29, 1.82) is 0 Å². The molecule has 1 aliphatic heterocycles. The molecule has 2 aliphatic rings. The van der Waals surface area contributed by atoms with Crippen molar-refractivity contribution in [2.75, 3.05) is 20.3 Å². The zero-order valence-corrected chi connectivity index (χ0v) is 14.5. The molecule has 1 amide bonds. The van der Waals surface area contributed by atoms with Gasteiger partial charge in [0.25, 0.3) is 0 Å². The minimum absolute atomic E-state index is 0.0690. The first kappa shape index (κ1) is 15.6. The Hall–Kier alpha value is -1.88. The minimum atomic E-state index is -0.292. The molecule has 2 heterocycles. The molecule has 0 spiro atoms. The number of amides is 1. The summed E-state index contributed by atoms with van der Waals surface area (Å²) in [6.45, 7) is 3.44. The Labute approximate surface area is 142 Å². The number of rotatable bonds is 4. The van der Waals surface area contributed by atoms with Crippen LogP contribution in [0.25, 0.3) is 11.0 Å². The van der Waals surface area contributed by atoms with E-state index >= 15 is 0 Å². The van der Waals surface area contributed by atoms with Crippen molar-refractivity contribution < 1.29 is 9.53 Å². The molecule has 2 fully saturated rings. The number of hydrogen-bond acceptors (Lipinski definition) is 3. The molecule has 128 valence electrons. The third-order valence-corrected chi connectivity index (χ3v) is 5.67. The van der Waals surface area contributed by atoms with Crippen LogP contribution < -0.4 is 0 Å². The van der Waals surface area contributed by atoms with Crippen molar-refractivity contribution in [2.45, 2.75) is 45.1 Å². The Morgan fingerprint density at radius 3 is 2.96 bits per heavy atom. The molecule has 1 atom stereocenters. The Morgan fingerprint density at radius 2 is 2.25 bits per heavy atom. The van der Waals surface area contributed by atoms with E-state index < -0.39 is 0 Å².